The molecule has 3 heteroatoms. The first kappa shape index (κ1) is 8.27. The summed E-state index contributed by atoms with van der Waals surface area (Å²) in [5.41, 5.74) is 6.28. The minimum absolute atomic E-state index is 0.134. The molecule has 1 aromatic rings. The van der Waals surface area contributed by atoms with Gasteiger partial charge in [0, 0.05) is 0 Å². The van der Waals surface area contributed by atoms with Crippen LogP contribution in [0.1, 0.15) is 5.56 Å². The van der Waals surface area contributed by atoms with E-state index < -0.39 is 5.82 Å². The Labute approximate surface area is 72.8 Å². The van der Waals surface area contributed by atoms with Crippen molar-refractivity contribution >= 4 is 27.7 Å². The van der Waals surface area contributed by atoms with Crippen molar-refractivity contribution in [2.45, 2.75) is 0 Å². The second-order valence-corrected chi connectivity index (χ2v) is 2.96. The lowest BCUT2D eigenvalue weighted by molar-refractivity contribution is 0.626. The van der Waals surface area contributed by atoms with Gasteiger partial charge in [0.2, 0.25) is 0 Å². The summed E-state index contributed by atoms with van der Waals surface area (Å²) in [4.78, 5) is 0. The molecule has 2 N–H and O–H groups in total. The van der Waals surface area contributed by atoms with Crippen LogP contribution in [0.4, 0.5) is 10.1 Å². The topological polar surface area (TPSA) is 26.0 Å². The van der Waals surface area contributed by atoms with Crippen molar-refractivity contribution in [2.24, 2.45) is 0 Å². The predicted octanol–water partition coefficient (Wildman–Crippen LogP) is 2.81. The molecule has 0 amide bonds. The molecule has 0 bridgehead atoms. The Balaban J connectivity index is 3.31. The van der Waals surface area contributed by atoms with Crippen LogP contribution in [0.15, 0.2) is 23.2 Å². The Morgan fingerprint density at radius 1 is 1.55 bits per heavy atom. The normalized spacial score (nSPS) is 9.64. The van der Waals surface area contributed by atoms with Crippen LogP contribution in [0.5, 0.6) is 0 Å². The summed E-state index contributed by atoms with van der Waals surface area (Å²) in [6.07, 6.45) is 1.61. The predicted molar refractivity (Wildman–Crippen MR) is 48.6 cm³/mol. The van der Waals surface area contributed by atoms with Crippen LogP contribution >= 0.6 is 15.9 Å². The summed E-state index contributed by atoms with van der Waals surface area (Å²) in [5.74, 6) is -0.421. The molecule has 1 rings (SSSR count). The van der Waals surface area contributed by atoms with Crippen molar-refractivity contribution in [1.82, 2.24) is 0 Å². The molecule has 0 aliphatic heterocycles. The smallest absolute Gasteiger partial charge is 0.160 e. The highest BCUT2D eigenvalue weighted by Gasteiger charge is 2.03. The van der Waals surface area contributed by atoms with E-state index in [0.717, 1.165) is 5.56 Å². The van der Waals surface area contributed by atoms with Gasteiger partial charge in [0.1, 0.15) is 0 Å². The van der Waals surface area contributed by atoms with Crippen molar-refractivity contribution in [2.75, 3.05) is 5.73 Å². The molecule has 0 radical (unpaired) electrons. The van der Waals surface area contributed by atoms with Gasteiger partial charge in [0.15, 0.2) is 5.82 Å². The molecule has 0 unspecified atom stereocenters. The molecule has 0 saturated carbocycles. The van der Waals surface area contributed by atoms with E-state index in [9.17, 15) is 4.39 Å². The van der Waals surface area contributed by atoms with Crippen LogP contribution in [-0.2, 0) is 0 Å². The third kappa shape index (κ3) is 1.60. The fourth-order valence-electron chi connectivity index (χ4n) is 0.750. The van der Waals surface area contributed by atoms with Gasteiger partial charge in [-0.05, 0) is 33.6 Å². The van der Waals surface area contributed by atoms with Crippen LogP contribution in [0, 0.1) is 5.82 Å². The minimum Gasteiger partial charge on any atom is -0.396 e. The monoisotopic (exact) mass is 215 g/mol. The first-order valence-corrected chi connectivity index (χ1v) is 3.81. The molecule has 0 saturated heterocycles. The van der Waals surface area contributed by atoms with E-state index >= 15 is 0 Å². The molecule has 0 aliphatic carbocycles. The average molecular weight is 216 g/mol. The zero-order valence-corrected chi connectivity index (χ0v) is 7.36. The van der Waals surface area contributed by atoms with E-state index in [2.05, 4.69) is 22.5 Å². The fourth-order valence-corrected chi connectivity index (χ4v) is 1.24. The van der Waals surface area contributed by atoms with Crippen molar-refractivity contribution in [3.05, 3.63) is 34.6 Å². The Hall–Kier alpha value is -0.830. The van der Waals surface area contributed by atoms with Crippen molar-refractivity contribution < 1.29 is 4.39 Å². The van der Waals surface area contributed by atoms with Gasteiger partial charge in [-0.2, -0.15) is 0 Å². The fraction of sp³-hybridized carbons (Fsp3) is 0. The molecular weight excluding hydrogens is 209 g/mol. The van der Waals surface area contributed by atoms with E-state index in [1.807, 2.05) is 0 Å². The first-order chi connectivity index (χ1) is 5.15. The molecule has 0 aliphatic rings. The number of hydrogen-bond donors (Lipinski definition) is 1. The SMILES string of the molecule is C=Cc1cc(N)c(F)c(Br)c1. The minimum atomic E-state index is -0.421. The average Bonchev–Trinajstić information content (AvgIpc) is 1.99. The van der Waals surface area contributed by atoms with E-state index in [-0.39, 0.29) is 5.69 Å². The van der Waals surface area contributed by atoms with Crippen LogP contribution < -0.4 is 5.73 Å². The van der Waals surface area contributed by atoms with E-state index in [0.29, 0.717) is 4.47 Å². The number of nitrogens with two attached hydrogens (primary N) is 1. The number of rotatable bonds is 1. The van der Waals surface area contributed by atoms with Gasteiger partial charge in [-0.3, -0.25) is 0 Å². The molecule has 0 heterocycles. The van der Waals surface area contributed by atoms with Crippen LogP contribution in [0.2, 0.25) is 0 Å². The maximum atomic E-state index is 12.8. The number of hydrogen-bond acceptors (Lipinski definition) is 1. The molecule has 0 aromatic heterocycles. The summed E-state index contributed by atoms with van der Waals surface area (Å²) in [6, 6.07) is 3.16. The second-order valence-electron chi connectivity index (χ2n) is 2.11. The number of benzene rings is 1. The Kier molecular flexibility index (Phi) is 2.29. The molecule has 11 heavy (non-hydrogen) atoms. The van der Waals surface area contributed by atoms with Gasteiger partial charge in [0.05, 0.1) is 10.2 Å². The maximum absolute atomic E-state index is 12.8. The number of nitrogen functional groups attached to an aromatic ring is 1. The third-order valence-electron chi connectivity index (χ3n) is 1.31. The highest BCUT2D eigenvalue weighted by atomic mass is 79.9. The number of halogens is 2. The summed E-state index contributed by atoms with van der Waals surface area (Å²) >= 11 is 3.03. The van der Waals surface area contributed by atoms with E-state index in [1.165, 1.54) is 6.07 Å². The number of anilines is 1. The molecule has 0 spiro atoms. The van der Waals surface area contributed by atoms with Gasteiger partial charge in [0.25, 0.3) is 0 Å². The standard InChI is InChI=1S/C8H7BrFN/c1-2-5-3-6(9)8(10)7(11)4-5/h2-4H,1,11H2. The van der Waals surface area contributed by atoms with E-state index in [1.54, 1.807) is 12.1 Å². The van der Waals surface area contributed by atoms with Gasteiger partial charge >= 0.3 is 0 Å². The zero-order valence-electron chi connectivity index (χ0n) is 5.77. The third-order valence-corrected chi connectivity index (χ3v) is 1.89. The van der Waals surface area contributed by atoms with Gasteiger partial charge in [-0.15, -0.1) is 0 Å². The molecule has 58 valence electrons. The van der Waals surface area contributed by atoms with Crippen LogP contribution in [0.25, 0.3) is 6.08 Å². The molecule has 1 nitrogen and oxygen atoms in total. The second kappa shape index (κ2) is 3.05. The van der Waals surface area contributed by atoms with Gasteiger partial charge < -0.3 is 5.73 Å². The highest BCUT2D eigenvalue weighted by Crippen LogP contribution is 2.23. The Morgan fingerprint density at radius 2 is 2.18 bits per heavy atom. The quantitative estimate of drug-likeness (QED) is 0.717. The van der Waals surface area contributed by atoms with Gasteiger partial charge in [-0.25, -0.2) is 4.39 Å². The highest BCUT2D eigenvalue weighted by molar-refractivity contribution is 9.10. The van der Waals surface area contributed by atoms with Gasteiger partial charge in [-0.1, -0.05) is 12.7 Å². The van der Waals surface area contributed by atoms with Crippen LogP contribution in [0.3, 0.4) is 0 Å². The summed E-state index contributed by atoms with van der Waals surface area (Å²) in [7, 11) is 0. The summed E-state index contributed by atoms with van der Waals surface area (Å²) in [6.45, 7) is 3.54. The van der Waals surface area contributed by atoms with E-state index in [4.69, 9.17) is 5.73 Å². The lowest BCUT2D eigenvalue weighted by atomic mass is 10.2. The van der Waals surface area contributed by atoms with Crippen molar-refractivity contribution in [3.8, 4) is 0 Å². The lowest BCUT2D eigenvalue weighted by Gasteiger charge is -2.00. The summed E-state index contributed by atoms with van der Waals surface area (Å²) < 4.78 is 13.2. The molecule has 0 fully saturated rings. The molecule has 0 atom stereocenters. The largest absolute Gasteiger partial charge is 0.396 e. The zero-order chi connectivity index (χ0) is 8.43. The van der Waals surface area contributed by atoms with Crippen molar-refractivity contribution in [1.29, 1.82) is 0 Å². The molecular formula is C8H7BrFN. The Bertz CT molecular complexity index is 273. The van der Waals surface area contributed by atoms with Crippen molar-refractivity contribution in [3.63, 3.8) is 0 Å². The van der Waals surface area contributed by atoms with Crippen LogP contribution in [-0.4, -0.2) is 0 Å². The molecule has 1 aromatic carbocycles. The lowest BCUT2D eigenvalue weighted by Crippen LogP contribution is -1.91. The Morgan fingerprint density at radius 3 is 2.64 bits per heavy atom. The first-order valence-electron chi connectivity index (χ1n) is 3.02. The maximum Gasteiger partial charge on any atom is 0.160 e. The summed E-state index contributed by atoms with van der Waals surface area (Å²) in [5, 5.41) is 0.